The Balaban J connectivity index is 2.26. The molecule has 3 rings (SSSR count). The first kappa shape index (κ1) is 16.3. The summed E-state index contributed by atoms with van der Waals surface area (Å²) in [6.45, 7) is 0. The number of rotatable bonds is 4. The predicted molar refractivity (Wildman–Crippen MR) is 89.2 cm³/mol. The smallest absolute Gasteiger partial charge is 0.139 e. The number of aliphatic hydroxyl groups is 1. The molecule has 0 saturated heterocycles. The molecule has 0 aromatic heterocycles. The fourth-order valence-corrected chi connectivity index (χ4v) is 2.92. The molecule has 122 valence electrons. The van der Waals surface area contributed by atoms with E-state index < -0.39 is 23.3 Å². The maximum atomic E-state index is 14.4. The van der Waals surface area contributed by atoms with Crippen LogP contribution in [0.15, 0.2) is 78.9 Å². The average Bonchev–Trinajstić information content (AvgIpc) is 2.62. The minimum absolute atomic E-state index is 0.0635. The lowest BCUT2D eigenvalue weighted by Gasteiger charge is -2.35. The SMILES string of the molecule is N[C@@H](c1ccccc1)C(O)(c1ccccc1F)c1ccccc1F. The lowest BCUT2D eigenvalue weighted by atomic mass is 9.77. The van der Waals surface area contributed by atoms with Gasteiger partial charge in [-0.05, 0) is 17.7 Å². The van der Waals surface area contributed by atoms with Crippen molar-refractivity contribution >= 4 is 0 Å². The van der Waals surface area contributed by atoms with Gasteiger partial charge in [-0.2, -0.15) is 0 Å². The van der Waals surface area contributed by atoms with E-state index in [1.54, 1.807) is 36.4 Å². The van der Waals surface area contributed by atoms with Crippen LogP contribution in [-0.4, -0.2) is 5.11 Å². The van der Waals surface area contributed by atoms with E-state index in [1.807, 2.05) is 6.07 Å². The van der Waals surface area contributed by atoms with E-state index >= 15 is 0 Å². The molecule has 0 amide bonds. The van der Waals surface area contributed by atoms with Gasteiger partial charge in [-0.25, -0.2) is 8.78 Å². The molecule has 4 heteroatoms. The van der Waals surface area contributed by atoms with E-state index in [0.29, 0.717) is 5.56 Å². The van der Waals surface area contributed by atoms with Gasteiger partial charge in [0.05, 0.1) is 6.04 Å². The van der Waals surface area contributed by atoms with Crippen molar-refractivity contribution in [1.82, 2.24) is 0 Å². The molecule has 0 heterocycles. The Morgan fingerprint density at radius 1 is 0.708 bits per heavy atom. The van der Waals surface area contributed by atoms with E-state index in [2.05, 4.69) is 0 Å². The summed E-state index contributed by atoms with van der Waals surface area (Å²) in [6.07, 6.45) is 0. The quantitative estimate of drug-likeness (QED) is 0.764. The standard InChI is InChI=1S/C20H17F2NO/c21-17-12-6-4-10-15(17)20(24,16-11-5-7-13-18(16)22)19(23)14-8-2-1-3-9-14/h1-13,19,24H,23H2/t19-/m0/s1. The molecule has 0 bridgehead atoms. The average molecular weight is 325 g/mol. The Labute approximate surface area is 139 Å². The largest absolute Gasteiger partial charge is 0.378 e. The van der Waals surface area contributed by atoms with Crippen LogP contribution >= 0.6 is 0 Å². The highest BCUT2D eigenvalue weighted by Crippen LogP contribution is 2.41. The summed E-state index contributed by atoms with van der Waals surface area (Å²) in [5.41, 5.74) is 4.70. The number of benzene rings is 3. The van der Waals surface area contributed by atoms with Gasteiger partial charge in [-0.15, -0.1) is 0 Å². The monoisotopic (exact) mass is 325 g/mol. The molecule has 0 radical (unpaired) electrons. The molecule has 0 aliphatic carbocycles. The Hall–Kier alpha value is -2.56. The molecule has 0 spiro atoms. The summed E-state index contributed by atoms with van der Waals surface area (Å²) in [7, 11) is 0. The third-order valence-electron chi connectivity index (χ3n) is 4.18. The second-order valence-electron chi connectivity index (χ2n) is 5.61. The van der Waals surface area contributed by atoms with Crippen LogP contribution < -0.4 is 5.73 Å². The summed E-state index contributed by atoms with van der Waals surface area (Å²) < 4.78 is 28.9. The molecule has 0 saturated carbocycles. The van der Waals surface area contributed by atoms with Crippen LogP contribution in [0.4, 0.5) is 8.78 Å². The van der Waals surface area contributed by atoms with Gasteiger partial charge in [0.2, 0.25) is 0 Å². The molecule has 3 aromatic carbocycles. The molecular weight excluding hydrogens is 308 g/mol. The van der Waals surface area contributed by atoms with Gasteiger partial charge in [0.15, 0.2) is 0 Å². The van der Waals surface area contributed by atoms with Crippen LogP contribution in [0.3, 0.4) is 0 Å². The van der Waals surface area contributed by atoms with Crippen molar-refractivity contribution in [3.05, 3.63) is 107 Å². The molecule has 2 nitrogen and oxygen atoms in total. The first-order valence-electron chi connectivity index (χ1n) is 7.58. The topological polar surface area (TPSA) is 46.2 Å². The zero-order valence-electron chi connectivity index (χ0n) is 12.9. The van der Waals surface area contributed by atoms with Crippen LogP contribution in [0.2, 0.25) is 0 Å². The molecule has 3 N–H and O–H groups in total. The van der Waals surface area contributed by atoms with Crippen LogP contribution in [0.1, 0.15) is 22.7 Å². The van der Waals surface area contributed by atoms with E-state index in [0.717, 1.165) is 0 Å². The number of hydrogen-bond acceptors (Lipinski definition) is 2. The molecule has 0 unspecified atom stereocenters. The summed E-state index contributed by atoms with van der Waals surface area (Å²) in [5.74, 6) is -1.29. The minimum Gasteiger partial charge on any atom is -0.378 e. The first-order chi connectivity index (χ1) is 11.5. The highest BCUT2D eigenvalue weighted by atomic mass is 19.1. The van der Waals surface area contributed by atoms with Crippen molar-refractivity contribution in [2.75, 3.05) is 0 Å². The Morgan fingerprint density at radius 3 is 1.58 bits per heavy atom. The number of hydrogen-bond donors (Lipinski definition) is 2. The van der Waals surface area contributed by atoms with Crippen molar-refractivity contribution < 1.29 is 13.9 Å². The lowest BCUT2D eigenvalue weighted by Crippen LogP contribution is -2.41. The zero-order valence-corrected chi connectivity index (χ0v) is 12.9. The zero-order chi connectivity index (χ0) is 17.2. The lowest BCUT2D eigenvalue weighted by molar-refractivity contribution is 0.0440. The molecule has 1 atom stereocenters. The Morgan fingerprint density at radius 2 is 1.12 bits per heavy atom. The van der Waals surface area contributed by atoms with E-state index in [-0.39, 0.29) is 11.1 Å². The van der Waals surface area contributed by atoms with Crippen LogP contribution in [0.25, 0.3) is 0 Å². The third kappa shape index (κ3) is 2.70. The molecule has 0 fully saturated rings. The number of nitrogens with two attached hydrogens (primary N) is 1. The van der Waals surface area contributed by atoms with E-state index in [1.165, 1.54) is 36.4 Å². The highest BCUT2D eigenvalue weighted by Gasteiger charge is 2.42. The Bertz CT molecular complexity index is 790. The molecule has 3 aromatic rings. The summed E-state index contributed by atoms with van der Waals surface area (Å²) >= 11 is 0. The fourth-order valence-electron chi connectivity index (χ4n) is 2.92. The predicted octanol–water partition coefficient (Wildman–Crippen LogP) is 3.90. The normalized spacial score (nSPS) is 12.8. The van der Waals surface area contributed by atoms with Crippen molar-refractivity contribution in [2.45, 2.75) is 11.6 Å². The number of halogens is 2. The second kappa shape index (κ2) is 6.51. The summed E-state index contributed by atoms with van der Waals surface area (Å²) in [5, 5.41) is 11.4. The van der Waals surface area contributed by atoms with E-state index in [9.17, 15) is 13.9 Å². The Kier molecular flexibility index (Phi) is 4.42. The third-order valence-corrected chi connectivity index (χ3v) is 4.18. The minimum atomic E-state index is -2.04. The molecule has 24 heavy (non-hydrogen) atoms. The van der Waals surface area contributed by atoms with Crippen molar-refractivity contribution in [2.24, 2.45) is 5.73 Å². The van der Waals surface area contributed by atoms with Crippen LogP contribution in [0.5, 0.6) is 0 Å². The maximum absolute atomic E-state index is 14.4. The maximum Gasteiger partial charge on any atom is 0.139 e. The highest BCUT2D eigenvalue weighted by molar-refractivity contribution is 5.42. The van der Waals surface area contributed by atoms with E-state index in [4.69, 9.17) is 5.73 Å². The molecule has 0 aliphatic rings. The molecular formula is C20H17F2NO. The fraction of sp³-hybridized carbons (Fsp3) is 0.100. The van der Waals surface area contributed by atoms with Gasteiger partial charge >= 0.3 is 0 Å². The van der Waals surface area contributed by atoms with Crippen molar-refractivity contribution in [3.63, 3.8) is 0 Å². The van der Waals surface area contributed by atoms with Gasteiger partial charge in [0.25, 0.3) is 0 Å². The van der Waals surface area contributed by atoms with Crippen LogP contribution in [-0.2, 0) is 5.60 Å². The molecule has 0 aliphatic heterocycles. The van der Waals surface area contributed by atoms with Crippen molar-refractivity contribution in [3.8, 4) is 0 Å². The van der Waals surface area contributed by atoms with Gasteiger partial charge < -0.3 is 10.8 Å². The van der Waals surface area contributed by atoms with Gasteiger partial charge in [0, 0.05) is 11.1 Å². The summed E-state index contributed by atoms with van der Waals surface area (Å²) in [6, 6.07) is 19.2. The van der Waals surface area contributed by atoms with Crippen LogP contribution in [0, 0.1) is 11.6 Å². The van der Waals surface area contributed by atoms with Gasteiger partial charge in [-0.3, -0.25) is 0 Å². The second-order valence-corrected chi connectivity index (χ2v) is 5.61. The summed E-state index contributed by atoms with van der Waals surface area (Å²) in [4.78, 5) is 0. The van der Waals surface area contributed by atoms with Gasteiger partial charge in [-0.1, -0.05) is 66.7 Å². The first-order valence-corrected chi connectivity index (χ1v) is 7.58. The van der Waals surface area contributed by atoms with Crippen molar-refractivity contribution in [1.29, 1.82) is 0 Å². The van der Waals surface area contributed by atoms with Gasteiger partial charge in [0.1, 0.15) is 17.2 Å².